The normalized spacial score (nSPS) is 31.0. The van der Waals surface area contributed by atoms with Crippen molar-refractivity contribution in [2.45, 2.75) is 57.2 Å². The number of ether oxygens (including phenoxy) is 1. The Morgan fingerprint density at radius 2 is 1.95 bits per heavy atom. The molecule has 3 aliphatic rings. The molecule has 2 saturated heterocycles. The quantitative estimate of drug-likeness (QED) is 0.799. The summed E-state index contributed by atoms with van der Waals surface area (Å²) in [5.74, 6) is 0.151. The van der Waals surface area contributed by atoms with Crippen LogP contribution in [0.4, 0.5) is 0 Å². The predicted octanol–water partition coefficient (Wildman–Crippen LogP) is 1.33. The van der Waals surface area contributed by atoms with Crippen molar-refractivity contribution in [3.63, 3.8) is 0 Å². The summed E-state index contributed by atoms with van der Waals surface area (Å²) in [6, 6.07) is 1.67. The van der Waals surface area contributed by atoms with E-state index in [-0.39, 0.29) is 30.7 Å². The van der Waals surface area contributed by atoms with E-state index in [0.717, 1.165) is 31.8 Å². The van der Waals surface area contributed by atoms with Crippen LogP contribution in [0.3, 0.4) is 0 Å². The Bertz CT molecular complexity index is 374. The summed E-state index contributed by atoms with van der Waals surface area (Å²) in [7, 11) is 0. The van der Waals surface area contributed by atoms with Crippen molar-refractivity contribution in [2.24, 2.45) is 11.1 Å². The van der Waals surface area contributed by atoms with Crippen LogP contribution in [0.5, 0.6) is 0 Å². The van der Waals surface area contributed by atoms with Gasteiger partial charge in [0.1, 0.15) is 0 Å². The molecule has 3 N–H and O–H groups in total. The highest BCUT2D eigenvalue weighted by Crippen LogP contribution is 2.34. The average molecular weight is 354 g/mol. The van der Waals surface area contributed by atoms with Gasteiger partial charge in [-0.25, -0.2) is 0 Å². The number of nitrogens with two attached hydrogens (primary N) is 1. The van der Waals surface area contributed by atoms with Crippen LogP contribution in [0.2, 0.25) is 0 Å². The maximum absolute atomic E-state index is 12.6. The van der Waals surface area contributed by atoms with E-state index in [1.54, 1.807) is 0 Å². The van der Waals surface area contributed by atoms with Gasteiger partial charge in [-0.05, 0) is 39.0 Å². The van der Waals surface area contributed by atoms with Crippen molar-refractivity contribution in [3.8, 4) is 0 Å². The van der Waals surface area contributed by atoms with Crippen LogP contribution in [-0.2, 0) is 9.53 Å². The third-order valence-corrected chi connectivity index (χ3v) is 5.30. The summed E-state index contributed by atoms with van der Waals surface area (Å²) >= 11 is 0. The van der Waals surface area contributed by atoms with E-state index in [2.05, 4.69) is 17.1 Å². The molecule has 2 atom stereocenters. The van der Waals surface area contributed by atoms with Gasteiger partial charge in [-0.1, -0.05) is 0 Å². The number of halogens is 2. The highest BCUT2D eigenvalue weighted by Gasteiger charge is 2.43. The first-order valence-electron chi connectivity index (χ1n) is 7.99. The molecule has 1 aliphatic carbocycles. The number of amides is 1. The number of hydrogen-bond acceptors (Lipinski definition) is 4. The molecule has 2 aliphatic heterocycles. The van der Waals surface area contributed by atoms with Crippen molar-refractivity contribution in [1.29, 1.82) is 0 Å². The summed E-state index contributed by atoms with van der Waals surface area (Å²) in [5, 5.41) is 3.27. The molecular formula is C15H29Cl2N3O2. The first-order valence-corrected chi connectivity index (χ1v) is 7.99. The van der Waals surface area contributed by atoms with Crippen molar-refractivity contribution < 1.29 is 9.53 Å². The predicted molar refractivity (Wildman–Crippen MR) is 91.8 cm³/mol. The molecule has 0 aromatic carbocycles. The zero-order chi connectivity index (χ0) is 14.2. The molecule has 0 aromatic heterocycles. The van der Waals surface area contributed by atoms with Crippen LogP contribution in [0.15, 0.2) is 0 Å². The lowest BCUT2D eigenvalue weighted by atomic mass is 9.79. The Labute approximate surface area is 145 Å². The van der Waals surface area contributed by atoms with Crippen LogP contribution in [0.25, 0.3) is 0 Å². The lowest BCUT2D eigenvalue weighted by Gasteiger charge is -2.35. The van der Waals surface area contributed by atoms with Gasteiger partial charge in [0.2, 0.25) is 5.91 Å². The number of nitrogens with zero attached hydrogens (tertiary/aromatic N) is 1. The molecule has 1 saturated carbocycles. The zero-order valence-electron chi connectivity index (χ0n) is 13.3. The standard InChI is InChI=1S/C15H27N3O2.2ClH/c1-11-8-12(9-18(11)13-2-3-13)17-14(19)15(10-16)4-6-20-7-5-15;;/h11-13H,2-10,16H2,1H3,(H,17,19);2*1H. The molecule has 0 spiro atoms. The van der Waals surface area contributed by atoms with Crippen molar-refractivity contribution in [2.75, 3.05) is 26.3 Å². The number of nitrogens with one attached hydrogen (secondary N) is 1. The smallest absolute Gasteiger partial charge is 0.227 e. The maximum atomic E-state index is 12.6. The molecular weight excluding hydrogens is 325 g/mol. The Morgan fingerprint density at radius 1 is 1.32 bits per heavy atom. The summed E-state index contributed by atoms with van der Waals surface area (Å²) in [6.45, 7) is 5.02. The van der Waals surface area contributed by atoms with Crippen LogP contribution in [-0.4, -0.2) is 55.2 Å². The number of carbonyl (C=O) groups excluding carboxylic acids is 1. The third kappa shape index (κ3) is 4.06. The summed E-state index contributed by atoms with van der Waals surface area (Å²) in [5.41, 5.74) is 5.51. The minimum atomic E-state index is -0.394. The molecule has 0 aromatic rings. The third-order valence-electron chi connectivity index (χ3n) is 5.30. The van der Waals surface area contributed by atoms with Gasteiger partial charge in [-0.15, -0.1) is 24.8 Å². The van der Waals surface area contributed by atoms with Crippen molar-refractivity contribution in [1.82, 2.24) is 10.2 Å². The minimum absolute atomic E-state index is 0. The van der Waals surface area contributed by atoms with E-state index < -0.39 is 5.41 Å². The Kier molecular flexibility index (Phi) is 7.40. The molecule has 0 radical (unpaired) electrons. The highest BCUT2D eigenvalue weighted by molar-refractivity contribution is 5.85. The van der Waals surface area contributed by atoms with Crippen molar-refractivity contribution in [3.05, 3.63) is 0 Å². The van der Waals surface area contributed by atoms with Crippen molar-refractivity contribution >= 4 is 30.7 Å². The summed E-state index contributed by atoms with van der Waals surface area (Å²) in [6.07, 6.45) is 5.23. The Morgan fingerprint density at radius 3 is 2.50 bits per heavy atom. The number of likely N-dealkylation sites (tertiary alicyclic amines) is 1. The van der Waals surface area contributed by atoms with E-state index >= 15 is 0 Å². The monoisotopic (exact) mass is 353 g/mol. The number of hydrogen-bond donors (Lipinski definition) is 2. The van der Waals surface area contributed by atoms with Gasteiger partial charge in [-0.3, -0.25) is 9.69 Å². The SMILES string of the molecule is CC1CC(NC(=O)C2(CN)CCOCC2)CN1C1CC1.Cl.Cl. The van der Waals surface area contributed by atoms with E-state index in [1.807, 2.05) is 0 Å². The largest absolute Gasteiger partial charge is 0.381 e. The lowest BCUT2D eigenvalue weighted by Crippen LogP contribution is -2.52. The lowest BCUT2D eigenvalue weighted by molar-refractivity contribution is -0.136. The van der Waals surface area contributed by atoms with Crippen LogP contribution in [0.1, 0.15) is 39.0 Å². The molecule has 22 heavy (non-hydrogen) atoms. The molecule has 0 bridgehead atoms. The molecule has 2 heterocycles. The second-order valence-corrected chi connectivity index (χ2v) is 6.78. The number of rotatable bonds is 4. The fraction of sp³-hybridized carbons (Fsp3) is 0.933. The van der Waals surface area contributed by atoms with Crippen LogP contribution in [0, 0.1) is 5.41 Å². The number of carbonyl (C=O) groups is 1. The van der Waals surface area contributed by atoms with E-state index in [1.165, 1.54) is 12.8 Å². The topological polar surface area (TPSA) is 67.6 Å². The van der Waals surface area contributed by atoms with Crippen LogP contribution < -0.4 is 11.1 Å². The van der Waals surface area contributed by atoms with Gasteiger partial charge in [0, 0.05) is 44.4 Å². The minimum Gasteiger partial charge on any atom is -0.381 e. The van der Waals surface area contributed by atoms with Gasteiger partial charge in [0.15, 0.2) is 0 Å². The summed E-state index contributed by atoms with van der Waals surface area (Å²) in [4.78, 5) is 15.2. The second kappa shape index (κ2) is 8.15. The Balaban J connectivity index is 0.00000121. The van der Waals surface area contributed by atoms with Gasteiger partial charge >= 0.3 is 0 Å². The first-order chi connectivity index (χ1) is 9.64. The fourth-order valence-corrected chi connectivity index (χ4v) is 3.70. The zero-order valence-corrected chi connectivity index (χ0v) is 14.9. The molecule has 130 valence electrons. The Hall–Kier alpha value is -0.0700. The second-order valence-electron chi connectivity index (χ2n) is 6.78. The van der Waals surface area contributed by atoms with Gasteiger partial charge < -0.3 is 15.8 Å². The van der Waals surface area contributed by atoms with E-state index in [4.69, 9.17) is 10.5 Å². The summed E-state index contributed by atoms with van der Waals surface area (Å²) < 4.78 is 5.38. The molecule has 5 nitrogen and oxygen atoms in total. The first kappa shape index (κ1) is 20.0. The van der Waals surface area contributed by atoms with E-state index in [9.17, 15) is 4.79 Å². The maximum Gasteiger partial charge on any atom is 0.227 e. The van der Waals surface area contributed by atoms with Gasteiger partial charge in [-0.2, -0.15) is 0 Å². The molecule has 3 rings (SSSR count). The van der Waals surface area contributed by atoms with E-state index in [0.29, 0.717) is 31.8 Å². The molecule has 2 unspecified atom stereocenters. The fourth-order valence-electron chi connectivity index (χ4n) is 3.70. The highest BCUT2D eigenvalue weighted by atomic mass is 35.5. The molecule has 7 heteroatoms. The molecule has 1 amide bonds. The van der Waals surface area contributed by atoms with Gasteiger partial charge in [0.05, 0.1) is 5.41 Å². The van der Waals surface area contributed by atoms with Crippen LogP contribution >= 0.6 is 24.8 Å². The average Bonchev–Trinajstić information content (AvgIpc) is 3.24. The van der Waals surface area contributed by atoms with Gasteiger partial charge in [0.25, 0.3) is 0 Å². The molecule has 3 fully saturated rings.